The minimum atomic E-state index is -4.55. The summed E-state index contributed by atoms with van der Waals surface area (Å²) < 4.78 is 44.8. The van der Waals surface area contributed by atoms with Gasteiger partial charge in [0.15, 0.2) is 0 Å². The summed E-state index contributed by atoms with van der Waals surface area (Å²) in [5.41, 5.74) is 0.457. The second-order valence-corrected chi connectivity index (χ2v) is 5.90. The third kappa shape index (κ3) is 4.72. The molecule has 8 heteroatoms. The summed E-state index contributed by atoms with van der Waals surface area (Å²) in [6.45, 7) is 2.31. The zero-order valence-corrected chi connectivity index (χ0v) is 14.4. The molecule has 0 saturated heterocycles. The number of benzene rings is 1. The Hall–Kier alpha value is -3.16. The van der Waals surface area contributed by atoms with Crippen LogP contribution in [0.2, 0.25) is 0 Å². The lowest BCUT2D eigenvalue weighted by molar-refractivity contribution is -0.137. The van der Waals surface area contributed by atoms with Crippen molar-refractivity contribution < 1.29 is 22.7 Å². The van der Waals surface area contributed by atoms with Crippen LogP contribution in [0.15, 0.2) is 53.3 Å². The number of amides is 1. The van der Waals surface area contributed by atoms with Gasteiger partial charge in [0.05, 0.1) is 17.3 Å². The molecule has 1 N–H and O–H groups in total. The minimum absolute atomic E-state index is 0.00742. The zero-order chi connectivity index (χ0) is 19.4. The van der Waals surface area contributed by atoms with Crippen LogP contribution in [-0.2, 0) is 6.18 Å². The molecule has 1 amide bonds. The lowest BCUT2D eigenvalue weighted by Crippen LogP contribution is -2.25. The van der Waals surface area contributed by atoms with Crippen molar-refractivity contribution in [1.82, 2.24) is 10.3 Å². The minimum Gasteiger partial charge on any atom is -0.455 e. The Morgan fingerprint density at radius 1 is 1.22 bits per heavy atom. The molecule has 0 aliphatic carbocycles. The van der Waals surface area contributed by atoms with E-state index in [4.69, 9.17) is 4.74 Å². The van der Waals surface area contributed by atoms with Gasteiger partial charge in [0.2, 0.25) is 0 Å². The first kappa shape index (κ1) is 18.6. The van der Waals surface area contributed by atoms with Crippen LogP contribution >= 0.6 is 0 Å². The summed E-state index contributed by atoms with van der Waals surface area (Å²) in [5.74, 6) is -0.517. The number of pyridine rings is 1. The Bertz CT molecular complexity index is 903. The van der Waals surface area contributed by atoms with Crippen LogP contribution in [0, 0.1) is 6.92 Å². The quantitative estimate of drug-likeness (QED) is 0.867. The van der Waals surface area contributed by atoms with E-state index < -0.39 is 17.6 Å². The average Bonchev–Trinajstić information content (AvgIpc) is 2.63. The van der Waals surface area contributed by atoms with Crippen LogP contribution in [0.1, 0.15) is 28.0 Å². The number of aryl methyl sites for hydroxylation is 1. The Balaban J connectivity index is 1.93. The third-order valence-corrected chi connectivity index (χ3v) is 3.83. The maximum absolute atomic E-state index is 13.1. The van der Waals surface area contributed by atoms with Crippen molar-refractivity contribution in [2.45, 2.75) is 19.5 Å². The van der Waals surface area contributed by atoms with Crippen LogP contribution in [0.3, 0.4) is 0 Å². The number of carbonyl (C=O) groups excluding carboxylic acids is 1. The number of aromatic nitrogens is 1. The van der Waals surface area contributed by atoms with E-state index in [9.17, 15) is 18.0 Å². The Morgan fingerprint density at radius 2 is 2.04 bits per heavy atom. The van der Waals surface area contributed by atoms with Crippen molar-refractivity contribution in [3.8, 4) is 11.5 Å². The Morgan fingerprint density at radius 3 is 2.67 bits per heavy atom. The third-order valence-electron chi connectivity index (χ3n) is 3.83. The average molecular weight is 375 g/mol. The highest BCUT2D eigenvalue weighted by atomic mass is 19.4. The highest BCUT2D eigenvalue weighted by Crippen LogP contribution is 2.35. The standard InChI is InChI=1S/C19H16F3N3O2/c1-12-2-4-15(11-24-12)27-17-10-13(19(20,21)22)3-5-16(17)18(26)25-14-6-8-23-9-7-14/h2-6,8,10-11H,7,9H2,1H3,(H,25,26). The van der Waals surface area contributed by atoms with E-state index in [0.29, 0.717) is 18.7 Å². The fraction of sp³-hybridized carbons (Fsp3) is 0.211. The molecule has 2 aromatic rings. The van der Waals surface area contributed by atoms with E-state index >= 15 is 0 Å². The zero-order valence-electron chi connectivity index (χ0n) is 14.4. The number of rotatable bonds is 4. The number of hydrogen-bond donors (Lipinski definition) is 1. The van der Waals surface area contributed by atoms with Gasteiger partial charge in [-0.25, -0.2) is 0 Å². The highest BCUT2D eigenvalue weighted by molar-refractivity contribution is 5.98. The van der Waals surface area contributed by atoms with E-state index in [1.54, 1.807) is 31.3 Å². The molecule has 5 nitrogen and oxygen atoms in total. The molecule has 1 aliphatic rings. The van der Waals surface area contributed by atoms with Crippen LogP contribution < -0.4 is 10.1 Å². The number of hydrogen-bond acceptors (Lipinski definition) is 4. The fourth-order valence-electron chi connectivity index (χ4n) is 2.42. The van der Waals surface area contributed by atoms with Gasteiger partial charge in [-0.05, 0) is 43.3 Å². The summed E-state index contributed by atoms with van der Waals surface area (Å²) in [4.78, 5) is 20.6. The second kappa shape index (κ2) is 7.61. The first-order chi connectivity index (χ1) is 12.8. The highest BCUT2D eigenvalue weighted by Gasteiger charge is 2.32. The number of aliphatic imine (C=N–C) groups is 1. The smallest absolute Gasteiger partial charge is 0.416 e. The number of alkyl halides is 3. The predicted octanol–water partition coefficient (Wildman–Crippen LogP) is 4.29. The number of nitrogens with zero attached hydrogens (tertiary/aromatic N) is 2. The lowest BCUT2D eigenvalue weighted by Gasteiger charge is -2.16. The SMILES string of the molecule is Cc1ccc(Oc2cc(C(F)(F)F)ccc2C(=O)NC2=CC=NCC2)cn1. The summed E-state index contributed by atoms with van der Waals surface area (Å²) in [7, 11) is 0. The Labute approximate surface area is 153 Å². The van der Waals surface area contributed by atoms with E-state index in [1.165, 1.54) is 6.20 Å². The van der Waals surface area contributed by atoms with Gasteiger partial charge in [0, 0.05) is 30.6 Å². The lowest BCUT2D eigenvalue weighted by atomic mass is 10.1. The molecule has 0 bridgehead atoms. The normalized spacial score (nSPS) is 13.9. The van der Waals surface area contributed by atoms with Gasteiger partial charge >= 0.3 is 6.18 Å². The first-order valence-electron chi connectivity index (χ1n) is 8.15. The molecule has 0 atom stereocenters. The van der Waals surface area contributed by atoms with Gasteiger partial charge in [0.1, 0.15) is 11.5 Å². The summed E-state index contributed by atoms with van der Waals surface area (Å²) in [6, 6.07) is 6.00. The van der Waals surface area contributed by atoms with Gasteiger partial charge < -0.3 is 10.1 Å². The van der Waals surface area contributed by atoms with Gasteiger partial charge in [0.25, 0.3) is 5.91 Å². The molecule has 27 heavy (non-hydrogen) atoms. The van der Waals surface area contributed by atoms with Crippen LogP contribution in [0.25, 0.3) is 0 Å². The van der Waals surface area contributed by atoms with Crippen molar-refractivity contribution in [3.05, 3.63) is 65.1 Å². The molecule has 3 rings (SSSR count). The molecular formula is C19H16F3N3O2. The number of nitrogens with one attached hydrogen (secondary N) is 1. The molecular weight excluding hydrogens is 359 g/mol. The molecule has 1 aliphatic heterocycles. The van der Waals surface area contributed by atoms with Gasteiger partial charge in [-0.3, -0.25) is 14.8 Å². The van der Waals surface area contributed by atoms with Gasteiger partial charge in [-0.15, -0.1) is 0 Å². The largest absolute Gasteiger partial charge is 0.455 e. The maximum atomic E-state index is 13.1. The van der Waals surface area contributed by atoms with Gasteiger partial charge in [-0.1, -0.05) is 0 Å². The number of allylic oxidation sites excluding steroid dienone is 1. The summed E-state index contributed by atoms with van der Waals surface area (Å²) in [6.07, 6.45) is 0.594. The van der Waals surface area contributed by atoms with Crippen molar-refractivity contribution in [1.29, 1.82) is 0 Å². The monoisotopic (exact) mass is 375 g/mol. The maximum Gasteiger partial charge on any atom is 0.416 e. The van der Waals surface area contributed by atoms with E-state index in [0.717, 1.165) is 23.9 Å². The van der Waals surface area contributed by atoms with Crippen molar-refractivity contribution in [2.24, 2.45) is 4.99 Å². The van der Waals surface area contributed by atoms with Crippen LogP contribution in [-0.4, -0.2) is 23.7 Å². The van der Waals surface area contributed by atoms with Crippen LogP contribution in [0.4, 0.5) is 13.2 Å². The fourth-order valence-corrected chi connectivity index (χ4v) is 2.42. The first-order valence-corrected chi connectivity index (χ1v) is 8.15. The summed E-state index contributed by atoms with van der Waals surface area (Å²) >= 11 is 0. The molecule has 0 spiro atoms. The molecule has 0 saturated carbocycles. The predicted molar refractivity (Wildman–Crippen MR) is 94.0 cm³/mol. The van der Waals surface area contributed by atoms with Crippen molar-refractivity contribution in [2.75, 3.05) is 6.54 Å². The molecule has 0 fully saturated rings. The van der Waals surface area contributed by atoms with Crippen molar-refractivity contribution >= 4 is 12.1 Å². The Kier molecular flexibility index (Phi) is 5.25. The molecule has 1 aromatic heterocycles. The number of halogens is 3. The number of dihydropyridines is 1. The van der Waals surface area contributed by atoms with E-state index in [2.05, 4.69) is 15.3 Å². The molecule has 1 aromatic carbocycles. The second-order valence-electron chi connectivity index (χ2n) is 5.90. The van der Waals surface area contributed by atoms with Gasteiger partial charge in [-0.2, -0.15) is 13.2 Å². The van der Waals surface area contributed by atoms with E-state index in [1.807, 2.05) is 0 Å². The van der Waals surface area contributed by atoms with E-state index in [-0.39, 0.29) is 17.1 Å². The number of ether oxygens (including phenoxy) is 1. The van der Waals surface area contributed by atoms with Crippen molar-refractivity contribution in [3.63, 3.8) is 0 Å². The topological polar surface area (TPSA) is 63.6 Å². The van der Waals surface area contributed by atoms with Crippen LogP contribution in [0.5, 0.6) is 11.5 Å². The molecule has 0 unspecified atom stereocenters. The summed E-state index contributed by atoms with van der Waals surface area (Å²) in [5, 5.41) is 2.68. The molecule has 140 valence electrons. The number of carbonyl (C=O) groups is 1. The molecule has 2 heterocycles. The molecule has 0 radical (unpaired) electrons.